The number of aromatic nitrogens is 5. The Morgan fingerprint density at radius 2 is 2.11 bits per heavy atom. The predicted molar refractivity (Wildman–Crippen MR) is 146 cm³/mol. The third-order valence-corrected chi connectivity index (χ3v) is 7.97. The van der Waals surface area contributed by atoms with Gasteiger partial charge in [-0.05, 0) is 51.0 Å². The first-order valence-corrected chi connectivity index (χ1v) is 13.8. The minimum atomic E-state index is -0.0696. The smallest absolute Gasteiger partial charge is 0.252 e. The lowest BCUT2D eigenvalue weighted by molar-refractivity contribution is 0.0939. The van der Waals surface area contributed by atoms with E-state index in [2.05, 4.69) is 27.7 Å². The van der Waals surface area contributed by atoms with E-state index in [1.807, 2.05) is 41.5 Å². The SMILES string of the molecule is CN1CCC(CNC(=O)c2csc(Nc3nc(O[C@H]4CCOC4)c4c(ccn4-c4cnn(C)c4)n3)c2)CC1. The van der Waals surface area contributed by atoms with Gasteiger partial charge in [-0.3, -0.25) is 9.48 Å². The van der Waals surface area contributed by atoms with Crippen LogP contribution in [0.5, 0.6) is 5.88 Å². The van der Waals surface area contributed by atoms with Gasteiger partial charge in [0.25, 0.3) is 5.91 Å². The van der Waals surface area contributed by atoms with Crippen LogP contribution in [0.25, 0.3) is 16.7 Å². The van der Waals surface area contributed by atoms with Gasteiger partial charge in [0.15, 0.2) is 0 Å². The van der Waals surface area contributed by atoms with Crippen LogP contribution in [0.2, 0.25) is 0 Å². The Morgan fingerprint density at radius 3 is 2.87 bits per heavy atom. The molecule has 0 aromatic carbocycles. The number of carbonyl (C=O) groups is 1. The Labute approximate surface area is 224 Å². The summed E-state index contributed by atoms with van der Waals surface area (Å²) >= 11 is 1.45. The monoisotopic (exact) mass is 536 g/mol. The number of rotatable bonds is 8. The maximum absolute atomic E-state index is 12.8. The zero-order valence-electron chi connectivity index (χ0n) is 21.6. The molecule has 2 N–H and O–H groups in total. The molecule has 6 rings (SSSR count). The molecule has 12 heteroatoms. The van der Waals surface area contributed by atoms with Crippen LogP contribution in [-0.2, 0) is 11.8 Å². The molecule has 0 saturated carbocycles. The Bertz CT molecular complexity index is 1420. The molecule has 0 unspecified atom stereocenters. The van der Waals surface area contributed by atoms with Gasteiger partial charge >= 0.3 is 0 Å². The second-order valence-electron chi connectivity index (χ2n) is 10.0. The lowest BCUT2D eigenvalue weighted by atomic mass is 9.97. The molecule has 2 aliphatic rings. The fourth-order valence-corrected chi connectivity index (χ4v) is 5.67. The molecular formula is C26H32N8O3S. The maximum Gasteiger partial charge on any atom is 0.252 e. The van der Waals surface area contributed by atoms with Crippen LogP contribution in [0.4, 0.5) is 10.9 Å². The van der Waals surface area contributed by atoms with Gasteiger partial charge in [-0.1, -0.05) is 0 Å². The average Bonchev–Trinajstić information content (AvgIpc) is 3.71. The van der Waals surface area contributed by atoms with E-state index in [-0.39, 0.29) is 12.0 Å². The summed E-state index contributed by atoms with van der Waals surface area (Å²) in [5.41, 5.74) is 3.05. The molecule has 4 aromatic rings. The molecule has 2 saturated heterocycles. The zero-order valence-corrected chi connectivity index (χ0v) is 22.4. The number of amides is 1. The van der Waals surface area contributed by atoms with E-state index in [1.165, 1.54) is 11.3 Å². The number of thiophene rings is 1. The summed E-state index contributed by atoms with van der Waals surface area (Å²) in [6.07, 6.45) is 8.64. The zero-order chi connectivity index (χ0) is 26.1. The molecule has 2 fully saturated rings. The van der Waals surface area contributed by atoms with Gasteiger partial charge in [0.2, 0.25) is 11.8 Å². The summed E-state index contributed by atoms with van der Waals surface area (Å²) in [6.45, 7) is 4.09. The molecule has 0 bridgehead atoms. The average molecular weight is 537 g/mol. The first-order chi connectivity index (χ1) is 18.5. The lowest BCUT2D eigenvalue weighted by Gasteiger charge is -2.28. The highest BCUT2D eigenvalue weighted by Crippen LogP contribution is 2.31. The van der Waals surface area contributed by atoms with Gasteiger partial charge in [0, 0.05) is 37.8 Å². The van der Waals surface area contributed by atoms with Crippen molar-refractivity contribution in [3.05, 3.63) is 41.7 Å². The van der Waals surface area contributed by atoms with Crippen molar-refractivity contribution < 1.29 is 14.3 Å². The van der Waals surface area contributed by atoms with E-state index >= 15 is 0 Å². The van der Waals surface area contributed by atoms with Crippen LogP contribution in [-0.4, -0.2) is 81.1 Å². The van der Waals surface area contributed by atoms with Gasteiger partial charge in [-0.25, -0.2) is 4.98 Å². The third-order valence-electron chi connectivity index (χ3n) is 7.12. The Hall–Kier alpha value is -3.48. The van der Waals surface area contributed by atoms with Crippen molar-refractivity contribution in [2.45, 2.75) is 25.4 Å². The van der Waals surface area contributed by atoms with E-state index in [4.69, 9.17) is 19.4 Å². The second kappa shape index (κ2) is 10.7. The number of hydrogen-bond donors (Lipinski definition) is 2. The van der Waals surface area contributed by atoms with Crippen molar-refractivity contribution in [2.75, 3.05) is 45.2 Å². The number of nitrogens with zero attached hydrogens (tertiary/aromatic N) is 6. The Kier molecular flexibility index (Phi) is 7.00. The van der Waals surface area contributed by atoms with Gasteiger partial charge in [0.1, 0.15) is 11.6 Å². The predicted octanol–water partition coefficient (Wildman–Crippen LogP) is 3.20. The van der Waals surface area contributed by atoms with Crippen molar-refractivity contribution in [3.63, 3.8) is 0 Å². The molecule has 1 amide bonds. The number of likely N-dealkylation sites (tertiary alicyclic amines) is 1. The molecule has 1 atom stereocenters. The van der Waals surface area contributed by atoms with Crippen LogP contribution in [0.1, 0.15) is 29.6 Å². The van der Waals surface area contributed by atoms with Crippen LogP contribution in [0.3, 0.4) is 0 Å². The number of ether oxygens (including phenoxy) is 2. The van der Waals surface area contributed by atoms with Crippen molar-refractivity contribution in [3.8, 4) is 11.6 Å². The van der Waals surface area contributed by atoms with Crippen molar-refractivity contribution in [2.24, 2.45) is 13.0 Å². The fraction of sp³-hybridized carbons (Fsp3) is 0.462. The quantitative estimate of drug-likeness (QED) is 0.353. The molecule has 200 valence electrons. The highest BCUT2D eigenvalue weighted by atomic mass is 32.1. The molecule has 4 aromatic heterocycles. The molecule has 6 heterocycles. The minimum absolute atomic E-state index is 0.0524. The summed E-state index contributed by atoms with van der Waals surface area (Å²) in [5.74, 6) is 1.38. The van der Waals surface area contributed by atoms with E-state index in [0.29, 0.717) is 43.1 Å². The number of carbonyl (C=O) groups excluding carboxylic acids is 1. The summed E-state index contributed by atoms with van der Waals surface area (Å²) in [6, 6.07) is 3.78. The summed E-state index contributed by atoms with van der Waals surface area (Å²) in [5, 5.41) is 13.3. The van der Waals surface area contributed by atoms with E-state index in [9.17, 15) is 4.79 Å². The minimum Gasteiger partial charge on any atom is -0.470 e. The third kappa shape index (κ3) is 5.38. The Morgan fingerprint density at radius 1 is 1.24 bits per heavy atom. The van der Waals surface area contributed by atoms with Crippen LogP contribution >= 0.6 is 11.3 Å². The van der Waals surface area contributed by atoms with Crippen LogP contribution < -0.4 is 15.4 Å². The van der Waals surface area contributed by atoms with Gasteiger partial charge in [0.05, 0.1) is 41.2 Å². The van der Waals surface area contributed by atoms with Crippen LogP contribution in [0, 0.1) is 5.92 Å². The molecule has 0 aliphatic carbocycles. The second-order valence-corrected chi connectivity index (χ2v) is 10.9. The number of piperidine rings is 1. The topological polar surface area (TPSA) is 111 Å². The molecule has 0 spiro atoms. The lowest BCUT2D eigenvalue weighted by Crippen LogP contribution is -2.36. The van der Waals surface area contributed by atoms with E-state index < -0.39 is 0 Å². The first kappa shape index (κ1) is 24.8. The Balaban J connectivity index is 1.20. The summed E-state index contributed by atoms with van der Waals surface area (Å²) < 4.78 is 15.6. The van der Waals surface area contributed by atoms with Crippen molar-refractivity contribution in [1.29, 1.82) is 0 Å². The van der Waals surface area contributed by atoms with Gasteiger partial charge in [-0.15, -0.1) is 11.3 Å². The standard InChI is InChI=1S/C26H32N8O3S/c1-32-7-3-17(4-8-32)12-27-24(35)18-11-22(38-16-18)30-26-29-21-5-9-34(19-13-28-33(2)14-19)23(21)25(31-26)37-20-6-10-36-15-20/h5,9,11,13-14,16-17,20H,3-4,6-8,10,12,15H2,1-2H3,(H,27,35)(H,29,30,31)/t20-/m0/s1. The van der Waals surface area contributed by atoms with E-state index in [1.54, 1.807) is 10.9 Å². The molecule has 38 heavy (non-hydrogen) atoms. The first-order valence-electron chi connectivity index (χ1n) is 13.0. The van der Waals surface area contributed by atoms with E-state index in [0.717, 1.165) is 54.1 Å². The maximum atomic E-state index is 12.8. The van der Waals surface area contributed by atoms with Gasteiger partial charge < -0.3 is 29.6 Å². The molecular weight excluding hydrogens is 504 g/mol. The number of nitrogens with one attached hydrogen (secondary N) is 2. The highest BCUT2D eigenvalue weighted by molar-refractivity contribution is 7.14. The largest absolute Gasteiger partial charge is 0.470 e. The van der Waals surface area contributed by atoms with Crippen molar-refractivity contribution in [1.82, 2.24) is 34.5 Å². The summed E-state index contributed by atoms with van der Waals surface area (Å²) in [7, 11) is 4.02. The normalized spacial score (nSPS) is 18.7. The fourth-order valence-electron chi connectivity index (χ4n) is 4.90. The number of hydrogen-bond acceptors (Lipinski definition) is 9. The molecule has 11 nitrogen and oxygen atoms in total. The van der Waals surface area contributed by atoms with Gasteiger partial charge in [-0.2, -0.15) is 10.1 Å². The van der Waals surface area contributed by atoms with Crippen molar-refractivity contribution >= 4 is 39.2 Å². The number of aryl methyl sites for hydroxylation is 1. The summed E-state index contributed by atoms with van der Waals surface area (Å²) in [4.78, 5) is 24.6. The number of anilines is 2. The molecule has 0 radical (unpaired) electrons. The molecule has 2 aliphatic heterocycles. The highest BCUT2D eigenvalue weighted by Gasteiger charge is 2.23. The van der Waals surface area contributed by atoms with Crippen LogP contribution in [0.15, 0.2) is 36.1 Å². The number of fused-ring (bicyclic) bond motifs is 1.